The smallest absolute Gasteiger partial charge is 0.407 e. The first kappa shape index (κ1) is 55.4. The second kappa shape index (κ2) is 43.7. The van der Waals surface area contributed by atoms with Crippen molar-refractivity contribution in [3.05, 3.63) is 213 Å². The molecule has 30 nitrogen and oxygen atoms in total. The van der Waals surface area contributed by atoms with Crippen LogP contribution in [0.15, 0.2) is 146 Å². The average molecular weight is 1760 g/mol. The third kappa shape index (κ3) is 26.5. The highest BCUT2D eigenvalue weighted by Gasteiger charge is 2.29. The maximum atomic E-state index is 11.2. The molecule has 6 aromatic carbocycles. The number of likely N-dealkylation sites (N-methyl/N-ethyl adjacent to an activating group) is 6. The summed E-state index contributed by atoms with van der Waals surface area (Å²) in [6.07, 6.45) is -6.46. The summed E-state index contributed by atoms with van der Waals surface area (Å²) in [7, 11) is 9.53. The molecular weight excluding hydrogens is 1600 g/mol. The fourth-order valence-corrected chi connectivity index (χ4v) is 14.5. The Labute approximate surface area is 787 Å². The van der Waals surface area contributed by atoms with E-state index in [0.29, 0.717) is 117 Å². The van der Waals surface area contributed by atoms with E-state index in [4.69, 9.17) is 77.8 Å². The van der Waals surface area contributed by atoms with Crippen LogP contribution >= 0.6 is 0 Å². The van der Waals surface area contributed by atoms with Gasteiger partial charge in [0, 0.05) is 183 Å². The number of ether oxygens (including phenoxy) is 6. The van der Waals surface area contributed by atoms with Gasteiger partial charge in [-0.05, 0) is 301 Å². The van der Waals surface area contributed by atoms with Gasteiger partial charge in [-0.15, -0.1) is 0 Å². The predicted molar refractivity (Wildman–Crippen MR) is 495 cm³/mol. The Hall–Kier alpha value is -12.1. The fourth-order valence-electron chi connectivity index (χ4n) is 14.5. The van der Waals surface area contributed by atoms with Crippen LogP contribution in [0.1, 0.15) is 116 Å². The summed E-state index contributed by atoms with van der Waals surface area (Å²) in [4.78, 5) is 89.2. The highest BCUT2D eigenvalue weighted by Crippen LogP contribution is 2.29. The lowest BCUT2D eigenvalue weighted by Gasteiger charge is -2.09. The molecule has 18 rings (SSSR count). The summed E-state index contributed by atoms with van der Waals surface area (Å²) >= 11 is 0. The number of aromatic amines is 6. The molecule has 0 bridgehead atoms. The predicted octanol–water partition coefficient (Wildman–Crippen LogP) is 11.5. The van der Waals surface area contributed by atoms with Gasteiger partial charge in [0.2, 0.25) is 0 Å². The number of nitrogens with one attached hydrogen (secondary N) is 12. The number of benzene rings is 6. The number of aryl methyl sites for hydroxylation is 3. The van der Waals surface area contributed by atoms with Gasteiger partial charge in [0.1, 0.15) is 39.6 Å². The maximum Gasteiger partial charge on any atom is 0.407 e. The fraction of sp³-hybridized carbons (Fsp3) is 0.438. The summed E-state index contributed by atoms with van der Waals surface area (Å²) < 4.78 is 312. The summed E-state index contributed by atoms with van der Waals surface area (Å²) in [6.45, 7) is -23.4. The molecule has 30 heteroatoms. The Balaban J connectivity index is 0.000000160. The molecule has 0 saturated carbocycles. The van der Waals surface area contributed by atoms with Crippen LogP contribution in [-0.2, 0) is 105 Å². The molecule has 12 N–H and O–H groups in total. The molecular formula is C96H126N18O12. The van der Waals surface area contributed by atoms with E-state index in [1.54, 1.807) is 73.6 Å². The lowest BCUT2D eigenvalue weighted by molar-refractivity contribution is 0.176. The van der Waals surface area contributed by atoms with Crippen molar-refractivity contribution in [2.45, 2.75) is 113 Å². The number of carbonyl (C=O) groups excluding carboxylic acids is 6. The van der Waals surface area contributed by atoms with Gasteiger partial charge in [0.05, 0.1) is 44.5 Å². The molecule has 126 heavy (non-hydrogen) atoms. The number of H-pyrrole nitrogens is 6. The van der Waals surface area contributed by atoms with Gasteiger partial charge < -0.3 is 120 Å². The molecule has 6 fully saturated rings. The van der Waals surface area contributed by atoms with Gasteiger partial charge in [-0.1, -0.05) is 36.4 Å². The van der Waals surface area contributed by atoms with Crippen molar-refractivity contribution in [1.82, 2.24) is 91.2 Å². The number of hydrogen-bond acceptors (Lipinski definition) is 18. The Kier molecular flexibility index (Phi) is 19.2. The van der Waals surface area contributed by atoms with Gasteiger partial charge >= 0.3 is 36.6 Å². The Bertz CT molecular complexity index is 7350. The van der Waals surface area contributed by atoms with E-state index in [-0.39, 0.29) is 152 Å². The van der Waals surface area contributed by atoms with Crippen molar-refractivity contribution in [2.75, 3.05) is 163 Å². The van der Waals surface area contributed by atoms with Crippen LogP contribution in [-0.4, -0.2) is 295 Å². The zero-order valence-corrected chi connectivity index (χ0v) is 70.2. The van der Waals surface area contributed by atoms with Crippen molar-refractivity contribution < 1.29 is 107 Å². The van der Waals surface area contributed by atoms with Crippen LogP contribution in [0.5, 0.6) is 0 Å². The van der Waals surface area contributed by atoms with Crippen molar-refractivity contribution in [2.24, 2.45) is 0 Å². The molecule has 6 atom stereocenters. The topological polar surface area (TPSA) is 344 Å². The normalized spacial score (nSPS) is 23.7. The minimum atomic E-state index is -3.20. The third-order valence-electron chi connectivity index (χ3n) is 20.6. The monoisotopic (exact) mass is 1760 g/mol. The first-order chi connectivity index (χ1) is 74.8. The van der Waals surface area contributed by atoms with Crippen LogP contribution in [0.3, 0.4) is 0 Å². The van der Waals surface area contributed by atoms with E-state index in [1.165, 1.54) is 19.0 Å². The van der Waals surface area contributed by atoms with Crippen molar-refractivity contribution in [3.8, 4) is 0 Å². The minimum Gasteiger partial charge on any atom is -0.447 e. The molecule has 6 aliphatic rings. The second-order valence-corrected chi connectivity index (χ2v) is 31.2. The Morgan fingerprint density at radius 2 is 0.500 bits per heavy atom. The number of amides is 6. The standard InChI is InChI=1S/6C16H21N3O2/c6*1-19(2)6-5-12-9-17-15-4-3-11(8-14(12)15)7-13-10-21-16(20)18-13/h6*3-4,8-9,13,17H,5-7,10H2,1-2H3,(H,18,20)/t6*13-/m000000/s1/i1D3,2D3,6D2,9D;1D3,2D3,5D2,9D;1D3,6D2,9D;1D3,5D2,9D;6D2,9D;5D2,9D. The van der Waals surface area contributed by atoms with Crippen LogP contribution in [0, 0.1) is 0 Å². The number of cyclic esters (lactones) is 6. The lowest BCUT2D eigenvalue weighted by atomic mass is 10.0. The molecule has 12 heterocycles. The summed E-state index contributed by atoms with van der Waals surface area (Å²) in [5.41, 5.74) is 10.8. The molecule has 672 valence electrons. The average Bonchev–Trinajstić information content (AvgIpc) is 1.41. The van der Waals surface area contributed by atoms with E-state index < -0.39 is 130 Å². The highest BCUT2D eigenvalue weighted by molar-refractivity contribution is 5.88. The zero-order valence-electron chi connectivity index (χ0n) is 106. The maximum absolute atomic E-state index is 11.2. The van der Waals surface area contributed by atoms with Crippen molar-refractivity contribution >= 4 is 102 Å². The van der Waals surface area contributed by atoms with Crippen LogP contribution in [0.2, 0.25) is 0 Å². The second-order valence-electron chi connectivity index (χ2n) is 31.2. The van der Waals surface area contributed by atoms with Crippen LogP contribution in [0.25, 0.3) is 65.4 Å². The molecule has 0 unspecified atom stereocenters. The molecule has 0 aliphatic carbocycles. The number of aromatic nitrogens is 6. The SMILES string of the molecule is [2H]c1[nH]c2ccc(C[C@H]3COC(=O)N3)cc2c1C([2H])([2H])CN(C([2H])([2H])[2H])C([2H])([2H])[2H].[2H]c1[nH]c2ccc(C[C@H]3COC(=O)N3)cc2c1C([2H])([2H])CN(C)C.[2H]c1[nH]c2ccc(C[C@H]3COC(=O)N3)cc2c1C([2H])([2H])CN(C)C([2H])([2H])[2H].[2H]c1[nH]c2ccc(C[C@H]3COC(=O)N3)cc2c1CC([2H])([2H])N(C([2H])([2H])[2H])C([2H])([2H])[2H].[2H]c1[nH]c2ccc(C[C@H]3COC(=O)N3)cc2c1CC([2H])([2H])N(C)C.[2H]c1[nH]c2ccc(C[C@H]3COC(=O)N3)cc2c1CC([2H])([2H])N(C)C([2H])([2H])[2H]. The number of nitrogens with zero attached hydrogens (tertiary/aromatic N) is 6. The van der Waals surface area contributed by atoms with E-state index in [2.05, 4.69) is 61.8 Å². The van der Waals surface area contributed by atoms with Gasteiger partial charge in [-0.3, -0.25) is 0 Å². The first-order valence-corrected chi connectivity index (χ1v) is 40.4. The lowest BCUT2D eigenvalue weighted by Crippen LogP contribution is -2.28. The summed E-state index contributed by atoms with van der Waals surface area (Å²) in [5, 5.41) is 19.8. The Morgan fingerprint density at radius 3 is 0.722 bits per heavy atom. The zero-order chi connectivity index (χ0) is 120. The van der Waals surface area contributed by atoms with Crippen molar-refractivity contribution in [1.29, 1.82) is 0 Å². The number of carbonyl (C=O) groups is 6. The molecule has 6 saturated heterocycles. The number of alkyl carbamates (subject to hydrolysis) is 6. The number of hydrogen-bond donors (Lipinski definition) is 12. The van der Waals surface area contributed by atoms with Crippen LogP contribution in [0.4, 0.5) is 28.8 Å². The van der Waals surface area contributed by atoms with E-state index in [1.807, 2.05) is 68.7 Å². The van der Waals surface area contributed by atoms with Crippen molar-refractivity contribution in [3.63, 3.8) is 0 Å². The van der Waals surface area contributed by atoms with E-state index >= 15 is 0 Å². The summed E-state index contributed by atoms with van der Waals surface area (Å²) in [6, 6.07) is 31.8. The molecule has 0 radical (unpaired) electrons. The first-order valence-electron chi connectivity index (χ1n) is 58.4. The highest BCUT2D eigenvalue weighted by atomic mass is 16.6. The number of fused-ring (bicyclic) bond motifs is 6. The third-order valence-corrected chi connectivity index (χ3v) is 20.6. The van der Waals surface area contributed by atoms with Crippen LogP contribution < -0.4 is 31.9 Å². The summed E-state index contributed by atoms with van der Waals surface area (Å²) in [5.74, 6) is 0. The molecule has 6 aromatic heterocycles. The van der Waals surface area contributed by atoms with Gasteiger partial charge in [-0.25, -0.2) is 28.8 Å². The van der Waals surface area contributed by atoms with Gasteiger partial charge in [0.15, 0.2) is 0 Å². The quantitative estimate of drug-likeness (QED) is 0.0186. The number of rotatable bonds is 30. The minimum absolute atomic E-state index is 0.0546. The molecule has 6 amide bonds. The van der Waals surface area contributed by atoms with Gasteiger partial charge in [0.25, 0.3) is 0 Å². The van der Waals surface area contributed by atoms with Gasteiger partial charge in [-0.2, -0.15) is 0 Å². The van der Waals surface area contributed by atoms with E-state index in [0.717, 1.165) is 60.1 Å². The molecule has 12 aromatic rings. The molecule has 6 aliphatic heterocycles. The van der Waals surface area contributed by atoms with E-state index in [9.17, 15) is 28.8 Å². The Morgan fingerprint density at radius 1 is 0.286 bits per heavy atom. The molecule has 0 spiro atoms. The largest absolute Gasteiger partial charge is 0.447 e.